The van der Waals surface area contributed by atoms with Gasteiger partial charge in [0.15, 0.2) is 0 Å². The minimum Gasteiger partial charge on any atom is -0.465 e. The molecule has 116 valence electrons. The van der Waals surface area contributed by atoms with Crippen molar-refractivity contribution in [1.29, 1.82) is 0 Å². The van der Waals surface area contributed by atoms with E-state index in [4.69, 9.17) is 9.47 Å². The van der Waals surface area contributed by atoms with Crippen LogP contribution in [0.15, 0.2) is 35.4 Å². The summed E-state index contributed by atoms with van der Waals surface area (Å²) in [5.74, 6) is -0.816. The molecule has 0 N–H and O–H groups in total. The van der Waals surface area contributed by atoms with Crippen LogP contribution in [0.3, 0.4) is 0 Å². The van der Waals surface area contributed by atoms with Gasteiger partial charge in [0.05, 0.1) is 30.5 Å². The third-order valence-corrected chi connectivity index (χ3v) is 3.91. The number of carbonyl (C=O) groups is 2. The molecule has 2 heterocycles. The Kier molecular flexibility index (Phi) is 5.27. The number of esters is 2. The first-order valence-corrected chi connectivity index (χ1v) is 7.96. The molecule has 0 aliphatic heterocycles. The number of nitrogens with zero attached hydrogens (tertiary/aromatic N) is 1. The summed E-state index contributed by atoms with van der Waals surface area (Å²) in [4.78, 5) is 24.4. The van der Waals surface area contributed by atoms with Crippen molar-refractivity contribution in [1.82, 2.24) is 4.40 Å². The zero-order valence-corrected chi connectivity index (χ0v) is 13.5. The number of hydrogen-bond acceptors (Lipinski definition) is 5. The van der Waals surface area contributed by atoms with Gasteiger partial charge in [-0.1, -0.05) is 6.07 Å². The summed E-state index contributed by atoms with van der Waals surface area (Å²) in [7, 11) is 1.35. The second kappa shape index (κ2) is 7.17. The van der Waals surface area contributed by atoms with Gasteiger partial charge in [-0.15, -0.1) is 11.8 Å². The lowest BCUT2D eigenvalue weighted by atomic mass is 10.2. The number of hydrogen-bond donors (Lipinski definition) is 0. The number of rotatable bonds is 5. The molecule has 5 nitrogen and oxygen atoms in total. The molecule has 2 aromatic rings. The number of pyridine rings is 1. The maximum atomic E-state index is 12.1. The van der Waals surface area contributed by atoms with Crippen LogP contribution in [0.1, 0.15) is 23.0 Å². The quantitative estimate of drug-likeness (QED) is 0.482. The monoisotopic (exact) mass is 319 g/mol. The van der Waals surface area contributed by atoms with Crippen LogP contribution in [-0.4, -0.2) is 36.3 Å². The van der Waals surface area contributed by atoms with Crippen LogP contribution in [0.5, 0.6) is 0 Å². The molecule has 0 aromatic carbocycles. The maximum absolute atomic E-state index is 12.1. The van der Waals surface area contributed by atoms with Crippen molar-refractivity contribution in [2.75, 3.05) is 20.0 Å². The zero-order chi connectivity index (χ0) is 16.1. The van der Waals surface area contributed by atoms with Gasteiger partial charge in [0.25, 0.3) is 0 Å². The molecule has 6 heteroatoms. The van der Waals surface area contributed by atoms with E-state index in [1.807, 2.05) is 35.1 Å². The standard InChI is InChI=1S/C16H17NO4S/c1-4-21-13(18)9-8-12-15(22-3)14(16(19)20-2)11-7-5-6-10-17(11)12/h5-10H,4H2,1-3H3/b9-8+. The number of aromatic nitrogens is 1. The molecule has 0 spiro atoms. The van der Waals surface area contributed by atoms with E-state index in [-0.39, 0.29) is 0 Å². The van der Waals surface area contributed by atoms with Gasteiger partial charge >= 0.3 is 11.9 Å². The first-order chi connectivity index (χ1) is 10.6. The van der Waals surface area contributed by atoms with E-state index in [1.54, 1.807) is 13.0 Å². The van der Waals surface area contributed by atoms with Crippen LogP contribution in [0.25, 0.3) is 11.6 Å². The van der Waals surface area contributed by atoms with Gasteiger partial charge in [0, 0.05) is 17.2 Å². The highest BCUT2D eigenvalue weighted by atomic mass is 32.2. The van der Waals surface area contributed by atoms with Crippen LogP contribution in [0.4, 0.5) is 0 Å². The summed E-state index contributed by atoms with van der Waals surface area (Å²) in [5.41, 5.74) is 1.98. The molecule has 0 saturated carbocycles. The predicted molar refractivity (Wildman–Crippen MR) is 86.2 cm³/mol. The Balaban J connectivity index is 2.62. The fourth-order valence-electron chi connectivity index (χ4n) is 2.21. The highest BCUT2D eigenvalue weighted by Gasteiger charge is 2.22. The normalized spacial score (nSPS) is 11.0. The molecule has 0 atom stereocenters. The van der Waals surface area contributed by atoms with Gasteiger partial charge in [0.2, 0.25) is 0 Å². The minimum atomic E-state index is -0.417. The van der Waals surface area contributed by atoms with E-state index in [9.17, 15) is 9.59 Å². The van der Waals surface area contributed by atoms with E-state index in [1.165, 1.54) is 24.9 Å². The number of carbonyl (C=O) groups excluding carboxylic acids is 2. The third-order valence-electron chi connectivity index (χ3n) is 3.09. The molecule has 0 radical (unpaired) electrons. The van der Waals surface area contributed by atoms with Crippen molar-refractivity contribution in [3.63, 3.8) is 0 Å². The second-order valence-corrected chi connectivity index (χ2v) is 5.14. The first-order valence-electron chi connectivity index (χ1n) is 6.74. The van der Waals surface area contributed by atoms with Gasteiger partial charge < -0.3 is 13.9 Å². The van der Waals surface area contributed by atoms with E-state index >= 15 is 0 Å². The molecule has 0 bridgehead atoms. The lowest BCUT2D eigenvalue weighted by Crippen LogP contribution is -2.01. The SMILES string of the molecule is CCOC(=O)/C=C/c1c(SC)c(C(=O)OC)c2ccccn12. The van der Waals surface area contributed by atoms with Crippen molar-refractivity contribution in [3.05, 3.63) is 41.7 Å². The zero-order valence-electron chi connectivity index (χ0n) is 12.7. The molecule has 0 fully saturated rings. The number of methoxy groups -OCH3 is 1. The Hall–Kier alpha value is -2.21. The van der Waals surface area contributed by atoms with Gasteiger partial charge in [-0.25, -0.2) is 9.59 Å². The smallest absolute Gasteiger partial charge is 0.341 e. The maximum Gasteiger partial charge on any atom is 0.341 e. The van der Waals surface area contributed by atoms with E-state index in [2.05, 4.69) is 0 Å². The molecule has 0 amide bonds. The topological polar surface area (TPSA) is 57.0 Å². The van der Waals surface area contributed by atoms with Crippen molar-refractivity contribution in [2.24, 2.45) is 0 Å². The molecule has 0 unspecified atom stereocenters. The number of thioether (sulfide) groups is 1. The highest BCUT2D eigenvalue weighted by molar-refractivity contribution is 7.98. The third kappa shape index (κ3) is 3.01. The van der Waals surface area contributed by atoms with Crippen LogP contribution in [-0.2, 0) is 14.3 Å². The summed E-state index contributed by atoms with van der Waals surface area (Å²) >= 11 is 1.43. The van der Waals surface area contributed by atoms with Gasteiger partial charge in [-0.2, -0.15) is 0 Å². The predicted octanol–water partition coefficient (Wildman–Crippen LogP) is 3.02. The Morgan fingerprint density at radius 1 is 1.36 bits per heavy atom. The molecule has 22 heavy (non-hydrogen) atoms. The molecule has 0 aliphatic rings. The van der Waals surface area contributed by atoms with Crippen molar-refractivity contribution in [3.8, 4) is 0 Å². The molecule has 0 saturated heterocycles. The van der Waals surface area contributed by atoms with Crippen molar-refractivity contribution < 1.29 is 19.1 Å². The molecular weight excluding hydrogens is 302 g/mol. The van der Waals surface area contributed by atoms with E-state index in [0.717, 1.165) is 16.1 Å². The van der Waals surface area contributed by atoms with Crippen LogP contribution >= 0.6 is 11.8 Å². The average molecular weight is 319 g/mol. The van der Waals surface area contributed by atoms with Crippen molar-refractivity contribution in [2.45, 2.75) is 11.8 Å². The lowest BCUT2D eigenvalue weighted by Gasteiger charge is -2.00. The second-order valence-electron chi connectivity index (χ2n) is 4.33. The summed E-state index contributed by atoms with van der Waals surface area (Å²) < 4.78 is 11.6. The molecule has 0 aliphatic carbocycles. The van der Waals surface area contributed by atoms with Crippen LogP contribution < -0.4 is 0 Å². The molecule has 2 aromatic heterocycles. The van der Waals surface area contributed by atoms with Gasteiger partial charge in [-0.05, 0) is 31.4 Å². The Morgan fingerprint density at radius 2 is 2.14 bits per heavy atom. The largest absolute Gasteiger partial charge is 0.465 e. The Bertz CT molecular complexity index is 733. The number of fused-ring (bicyclic) bond motifs is 1. The summed E-state index contributed by atoms with van der Waals surface area (Å²) in [6, 6.07) is 5.55. The Morgan fingerprint density at radius 3 is 2.77 bits per heavy atom. The van der Waals surface area contributed by atoms with Gasteiger partial charge in [-0.3, -0.25) is 0 Å². The van der Waals surface area contributed by atoms with Crippen LogP contribution in [0.2, 0.25) is 0 Å². The fourth-order valence-corrected chi connectivity index (χ4v) is 2.98. The van der Waals surface area contributed by atoms with E-state index in [0.29, 0.717) is 12.2 Å². The minimum absolute atomic E-state index is 0.320. The first kappa shape index (κ1) is 16.2. The fraction of sp³-hybridized carbons (Fsp3) is 0.250. The molecular formula is C16H17NO4S. The highest BCUT2D eigenvalue weighted by Crippen LogP contribution is 2.32. The lowest BCUT2D eigenvalue weighted by molar-refractivity contribution is -0.137. The average Bonchev–Trinajstić information content (AvgIpc) is 2.86. The summed E-state index contributed by atoms with van der Waals surface area (Å²) in [6.07, 6.45) is 6.73. The van der Waals surface area contributed by atoms with Crippen molar-refractivity contribution >= 4 is 35.3 Å². The number of ether oxygens (including phenoxy) is 2. The van der Waals surface area contributed by atoms with Gasteiger partial charge in [0.1, 0.15) is 0 Å². The van der Waals surface area contributed by atoms with Crippen LogP contribution in [0, 0.1) is 0 Å². The Labute approximate surface area is 132 Å². The summed E-state index contributed by atoms with van der Waals surface area (Å²) in [6.45, 7) is 2.07. The molecule has 2 rings (SSSR count). The van der Waals surface area contributed by atoms with E-state index < -0.39 is 11.9 Å². The summed E-state index contributed by atoms with van der Waals surface area (Å²) in [5, 5.41) is 0.